The number of aryl methyl sites for hydroxylation is 2. The maximum atomic E-state index is 14.6. The number of carbonyl (C=O) groups excluding carboxylic acids is 1. The van der Waals surface area contributed by atoms with Gasteiger partial charge in [0, 0.05) is 37.1 Å². The summed E-state index contributed by atoms with van der Waals surface area (Å²) in [6, 6.07) is 0.309. The number of pyridine rings is 1. The summed E-state index contributed by atoms with van der Waals surface area (Å²) in [7, 11) is 0. The first kappa shape index (κ1) is 17.1. The molecule has 28 heavy (non-hydrogen) atoms. The van der Waals surface area contributed by atoms with Gasteiger partial charge in [0.05, 0.1) is 23.8 Å². The highest BCUT2D eigenvalue weighted by Gasteiger charge is 2.53. The predicted octanol–water partition coefficient (Wildman–Crippen LogP) is 1.53. The highest BCUT2D eigenvalue weighted by atomic mass is 19.1. The quantitative estimate of drug-likeness (QED) is 0.713. The van der Waals surface area contributed by atoms with Crippen LogP contribution in [0.15, 0.2) is 24.8 Å². The van der Waals surface area contributed by atoms with E-state index in [4.69, 9.17) is 5.73 Å². The Morgan fingerprint density at radius 1 is 1.21 bits per heavy atom. The number of anilines is 2. The normalized spacial score (nSPS) is 23.1. The lowest BCUT2D eigenvalue weighted by Crippen LogP contribution is -2.29. The van der Waals surface area contributed by atoms with Crippen molar-refractivity contribution in [3.05, 3.63) is 47.6 Å². The number of imidazole rings is 1. The Morgan fingerprint density at radius 3 is 2.64 bits per heavy atom. The van der Waals surface area contributed by atoms with Crippen LogP contribution in [0.2, 0.25) is 0 Å². The third-order valence-electron chi connectivity index (χ3n) is 5.73. The number of hydrogen-bond donors (Lipinski definition) is 2. The molecule has 9 heteroatoms. The minimum atomic E-state index is -0.514. The molecule has 0 unspecified atom stereocenters. The Balaban J connectivity index is 1.34. The fourth-order valence-electron chi connectivity index (χ4n) is 4.02. The number of piperidine rings is 1. The molecule has 0 bridgehead atoms. The standard InChI is InChI=1S/C19H20FN7O/c1-9-5-27-8-14(16(20)10(2)18(27)24-9)25-19(28)13-3-23-15(4-22-13)26-6-11-12(7-26)17(11)21/h3-5,8,11-12,17H,6-7,21H2,1-2H3,(H,25,28)/t11-,12+,17-. The number of carbonyl (C=O) groups is 1. The lowest BCUT2D eigenvalue weighted by Gasteiger charge is -2.19. The van der Waals surface area contributed by atoms with Crippen molar-refractivity contribution in [3.63, 3.8) is 0 Å². The van der Waals surface area contributed by atoms with E-state index < -0.39 is 11.7 Å². The third-order valence-corrected chi connectivity index (χ3v) is 5.73. The molecule has 0 radical (unpaired) electrons. The fourth-order valence-corrected chi connectivity index (χ4v) is 4.02. The molecule has 3 N–H and O–H groups in total. The van der Waals surface area contributed by atoms with Crippen LogP contribution in [-0.2, 0) is 0 Å². The zero-order valence-electron chi connectivity index (χ0n) is 15.6. The van der Waals surface area contributed by atoms with Crippen LogP contribution < -0.4 is 16.0 Å². The van der Waals surface area contributed by atoms with E-state index >= 15 is 0 Å². The van der Waals surface area contributed by atoms with Crippen molar-refractivity contribution in [1.29, 1.82) is 0 Å². The molecule has 0 aromatic carbocycles. The Morgan fingerprint density at radius 2 is 1.96 bits per heavy atom. The molecule has 1 aliphatic carbocycles. The van der Waals surface area contributed by atoms with Crippen molar-refractivity contribution >= 4 is 23.1 Å². The van der Waals surface area contributed by atoms with Gasteiger partial charge in [-0.05, 0) is 25.7 Å². The Hall–Kier alpha value is -3.07. The topological polar surface area (TPSA) is 101 Å². The maximum Gasteiger partial charge on any atom is 0.275 e. The van der Waals surface area contributed by atoms with Crippen LogP contribution in [-0.4, -0.2) is 44.4 Å². The van der Waals surface area contributed by atoms with E-state index in [0.29, 0.717) is 29.1 Å². The minimum absolute atomic E-state index is 0.0758. The van der Waals surface area contributed by atoms with Crippen LogP contribution in [0.3, 0.4) is 0 Å². The average Bonchev–Trinajstić information content (AvgIpc) is 3.06. The molecule has 1 amide bonds. The Kier molecular flexibility index (Phi) is 3.63. The van der Waals surface area contributed by atoms with Gasteiger partial charge in [0.2, 0.25) is 0 Å². The van der Waals surface area contributed by atoms with Crippen LogP contribution in [0.25, 0.3) is 5.65 Å². The van der Waals surface area contributed by atoms with Crippen molar-refractivity contribution in [2.75, 3.05) is 23.3 Å². The van der Waals surface area contributed by atoms with Crippen LogP contribution in [0.4, 0.5) is 15.9 Å². The molecule has 1 saturated heterocycles. The van der Waals surface area contributed by atoms with E-state index in [9.17, 15) is 9.18 Å². The zero-order chi connectivity index (χ0) is 19.6. The molecule has 1 aliphatic heterocycles. The van der Waals surface area contributed by atoms with E-state index in [1.807, 2.05) is 6.92 Å². The van der Waals surface area contributed by atoms with Gasteiger partial charge in [-0.25, -0.2) is 19.3 Å². The maximum absolute atomic E-state index is 14.6. The molecule has 2 aliphatic rings. The lowest BCUT2D eigenvalue weighted by atomic mass is 10.2. The van der Waals surface area contributed by atoms with Gasteiger partial charge in [-0.2, -0.15) is 0 Å². The monoisotopic (exact) mass is 381 g/mol. The number of halogens is 1. The van der Waals surface area contributed by atoms with E-state index in [0.717, 1.165) is 24.6 Å². The molecule has 5 rings (SSSR count). The molecule has 4 heterocycles. The van der Waals surface area contributed by atoms with Gasteiger partial charge in [0.15, 0.2) is 5.82 Å². The second-order valence-corrected chi connectivity index (χ2v) is 7.62. The summed E-state index contributed by atoms with van der Waals surface area (Å²) in [5, 5.41) is 2.58. The number of nitrogens with two attached hydrogens (primary N) is 1. The highest BCUT2D eigenvalue weighted by molar-refractivity contribution is 6.02. The summed E-state index contributed by atoms with van der Waals surface area (Å²) in [4.78, 5) is 27.5. The van der Waals surface area contributed by atoms with Crippen molar-refractivity contribution in [2.45, 2.75) is 19.9 Å². The summed E-state index contributed by atoms with van der Waals surface area (Å²) in [5.74, 6) is 0.784. The van der Waals surface area contributed by atoms with Gasteiger partial charge in [-0.1, -0.05) is 0 Å². The number of amides is 1. The molecule has 1 saturated carbocycles. The number of fused-ring (bicyclic) bond motifs is 2. The molecule has 3 aromatic rings. The molecule has 144 valence electrons. The first-order valence-electron chi connectivity index (χ1n) is 9.20. The second-order valence-electron chi connectivity index (χ2n) is 7.62. The third kappa shape index (κ3) is 2.62. The molecular formula is C19H20FN7O. The number of hydrogen-bond acceptors (Lipinski definition) is 6. The van der Waals surface area contributed by atoms with Gasteiger partial charge in [0.1, 0.15) is 17.2 Å². The first-order chi connectivity index (χ1) is 13.4. The van der Waals surface area contributed by atoms with Crippen LogP contribution in [0.1, 0.15) is 21.7 Å². The van der Waals surface area contributed by atoms with Crippen LogP contribution in [0, 0.1) is 31.5 Å². The van der Waals surface area contributed by atoms with Crippen molar-refractivity contribution in [3.8, 4) is 0 Å². The highest BCUT2D eigenvalue weighted by Crippen LogP contribution is 2.44. The predicted molar refractivity (Wildman–Crippen MR) is 102 cm³/mol. The Bertz CT molecular complexity index is 1080. The smallest absolute Gasteiger partial charge is 0.275 e. The van der Waals surface area contributed by atoms with E-state index in [1.165, 1.54) is 12.4 Å². The van der Waals surface area contributed by atoms with Gasteiger partial charge >= 0.3 is 0 Å². The molecule has 3 aromatic heterocycles. The fraction of sp³-hybridized carbons (Fsp3) is 0.368. The molecule has 8 nitrogen and oxygen atoms in total. The van der Waals surface area contributed by atoms with Gasteiger partial charge in [-0.3, -0.25) is 4.79 Å². The number of nitrogens with one attached hydrogen (secondary N) is 1. The number of rotatable bonds is 3. The summed E-state index contributed by atoms with van der Waals surface area (Å²) < 4.78 is 16.3. The molecule has 3 atom stereocenters. The Labute approximate surface area is 160 Å². The van der Waals surface area contributed by atoms with Crippen molar-refractivity contribution < 1.29 is 9.18 Å². The number of nitrogens with zero attached hydrogens (tertiary/aromatic N) is 5. The van der Waals surface area contributed by atoms with Crippen LogP contribution >= 0.6 is 0 Å². The summed E-state index contributed by atoms with van der Waals surface area (Å²) in [5.41, 5.74) is 7.83. The van der Waals surface area contributed by atoms with E-state index in [-0.39, 0.29) is 11.4 Å². The van der Waals surface area contributed by atoms with E-state index in [1.54, 1.807) is 23.7 Å². The lowest BCUT2D eigenvalue weighted by molar-refractivity contribution is 0.102. The molecule has 2 fully saturated rings. The number of aromatic nitrogens is 4. The average molecular weight is 381 g/mol. The summed E-state index contributed by atoms with van der Waals surface area (Å²) in [6.07, 6.45) is 6.28. The van der Waals surface area contributed by atoms with E-state index in [2.05, 4.69) is 25.2 Å². The van der Waals surface area contributed by atoms with Crippen molar-refractivity contribution in [2.24, 2.45) is 17.6 Å². The molecular weight excluding hydrogens is 361 g/mol. The van der Waals surface area contributed by atoms with Gasteiger partial charge in [0.25, 0.3) is 5.91 Å². The summed E-state index contributed by atoms with van der Waals surface area (Å²) >= 11 is 0. The largest absolute Gasteiger partial charge is 0.355 e. The summed E-state index contributed by atoms with van der Waals surface area (Å²) in [6.45, 7) is 5.22. The van der Waals surface area contributed by atoms with Gasteiger partial charge in [-0.15, -0.1) is 0 Å². The molecule has 0 spiro atoms. The van der Waals surface area contributed by atoms with Gasteiger partial charge < -0.3 is 20.4 Å². The zero-order valence-corrected chi connectivity index (χ0v) is 15.6. The van der Waals surface area contributed by atoms with Crippen molar-refractivity contribution in [1.82, 2.24) is 19.4 Å². The van der Waals surface area contributed by atoms with Crippen LogP contribution in [0.5, 0.6) is 0 Å². The first-order valence-corrected chi connectivity index (χ1v) is 9.20. The minimum Gasteiger partial charge on any atom is -0.355 e. The second kappa shape index (κ2) is 5.96. The SMILES string of the molecule is Cc1cn2cc(NC(=O)c3cnc(N4C[C@@H]5[C@H](N)[C@@H]5C4)cn3)c(F)c(C)c2n1.